The third-order valence-electron chi connectivity index (χ3n) is 2.49. The molecule has 0 atom stereocenters. The number of aromatic hydroxyl groups is 1. The maximum absolute atomic E-state index is 11.9. The molecule has 2 heterocycles. The number of aromatic nitrogens is 2. The molecule has 2 aromatic rings. The lowest BCUT2D eigenvalue weighted by Crippen LogP contribution is -2.20. The Bertz CT molecular complexity index is 573. The quantitative estimate of drug-likeness (QED) is 0.761. The molecule has 2 rings (SSSR count). The van der Waals surface area contributed by atoms with Crippen molar-refractivity contribution in [3.05, 3.63) is 39.9 Å². The molecule has 4 heteroatoms. The Morgan fingerprint density at radius 3 is 2.93 bits per heavy atom. The van der Waals surface area contributed by atoms with Gasteiger partial charge in [-0.3, -0.25) is 9.20 Å². The van der Waals surface area contributed by atoms with Crippen LogP contribution in [0.4, 0.5) is 0 Å². The zero-order chi connectivity index (χ0) is 11.0. The lowest BCUT2D eigenvalue weighted by molar-refractivity contribution is 0.476. The van der Waals surface area contributed by atoms with Gasteiger partial charge < -0.3 is 5.11 Å². The monoisotopic (exact) mass is 204 g/mol. The van der Waals surface area contributed by atoms with E-state index in [1.54, 1.807) is 19.2 Å². The van der Waals surface area contributed by atoms with Crippen LogP contribution >= 0.6 is 0 Å². The van der Waals surface area contributed by atoms with Crippen LogP contribution in [-0.4, -0.2) is 14.5 Å². The minimum atomic E-state index is -0.101. The Kier molecular flexibility index (Phi) is 2.19. The summed E-state index contributed by atoms with van der Waals surface area (Å²) in [5.41, 5.74) is 1.59. The van der Waals surface area contributed by atoms with Crippen molar-refractivity contribution in [3.8, 4) is 5.75 Å². The van der Waals surface area contributed by atoms with Crippen LogP contribution in [0.1, 0.15) is 18.2 Å². The fourth-order valence-electron chi connectivity index (χ4n) is 1.70. The van der Waals surface area contributed by atoms with Crippen LogP contribution in [0.25, 0.3) is 5.65 Å². The normalized spacial score (nSPS) is 10.8. The summed E-state index contributed by atoms with van der Waals surface area (Å²) in [6, 6.07) is 3.15. The standard InChI is InChI=1S/C11H12N2O2/c1-3-8-7(2)12-10-9(14)5-4-6-13(10)11(8)15/h4-6,14H,3H2,1-2H3. The number of nitrogens with zero attached hydrogens (tertiary/aromatic N) is 2. The third-order valence-corrected chi connectivity index (χ3v) is 2.49. The Morgan fingerprint density at radius 1 is 1.53 bits per heavy atom. The maximum atomic E-state index is 11.9. The van der Waals surface area contributed by atoms with Crippen LogP contribution in [0.3, 0.4) is 0 Å². The van der Waals surface area contributed by atoms with E-state index in [2.05, 4.69) is 4.98 Å². The molecule has 0 saturated carbocycles. The first kappa shape index (κ1) is 9.71. The zero-order valence-electron chi connectivity index (χ0n) is 8.69. The predicted octanol–water partition coefficient (Wildman–Crippen LogP) is 1.27. The van der Waals surface area contributed by atoms with Gasteiger partial charge in [-0.25, -0.2) is 4.98 Å². The summed E-state index contributed by atoms with van der Waals surface area (Å²) in [5.74, 6) is 0.0281. The number of fused-ring (bicyclic) bond motifs is 1. The molecule has 0 bridgehead atoms. The van der Waals surface area contributed by atoms with Crippen LogP contribution < -0.4 is 5.56 Å². The molecule has 2 aromatic heterocycles. The summed E-state index contributed by atoms with van der Waals surface area (Å²) < 4.78 is 1.38. The van der Waals surface area contributed by atoms with Gasteiger partial charge in [-0.05, 0) is 25.5 Å². The first-order chi connectivity index (χ1) is 7.15. The fourth-order valence-corrected chi connectivity index (χ4v) is 1.70. The first-order valence-corrected chi connectivity index (χ1v) is 4.85. The largest absolute Gasteiger partial charge is 0.504 e. The topological polar surface area (TPSA) is 54.6 Å². The molecule has 0 unspecified atom stereocenters. The van der Waals surface area contributed by atoms with Gasteiger partial charge in [0.15, 0.2) is 11.4 Å². The second-order valence-electron chi connectivity index (χ2n) is 3.42. The molecule has 1 N–H and O–H groups in total. The fraction of sp³-hybridized carbons (Fsp3) is 0.273. The third kappa shape index (κ3) is 1.38. The maximum Gasteiger partial charge on any atom is 0.261 e. The van der Waals surface area contributed by atoms with Crippen molar-refractivity contribution in [2.75, 3.05) is 0 Å². The summed E-state index contributed by atoms with van der Waals surface area (Å²) in [4.78, 5) is 16.2. The van der Waals surface area contributed by atoms with Crippen LogP contribution in [0.2, 0.25) is 0 Å². The van der Waals surface area contributed by atoms with Gasteiger partial charge >= 0.3 is 0 Å². The summed E-state index contributed by atoms with van der Waals surface area (Å²) in [6.07, 6.45) is 2.26. The van der Waals surface area contributed by atoms with E-state index in [0.717, 1.165) is 0 Å². The Labute approximate surface area is 86.8 Å². The first-order valence-electron chi connectivity index (χ1n) is 4.85. The second kappa shape index (κ2) is 3.38. The van der Waals surface area contributed by atoms with E-state index in [1.165, 1.54) is 10.5 Å². The van der Waals surface area contributed by atoms with E-state index >= 15 is 0 Å². The van der Waals surface area contributed by atoms with Gasteiger partial charge in [0.25, 0.3) is 5.56 Å². The number of pyridine rings is 1. The van der Waals surface area contributed by atoms with Gasteiger partial charge in [-0.1, -0.05) is 6.92 Å². The molecule has 0 aliphatic heterocycles. The summed E-state index contributed by atoms with van der Waals surface area (Å²) in [5, 5.41) is 9.56. The van der Waals surface area contributed by atoms with Gasteiger partial charge in [-0.2, -0.15) is 0 Å². The average Bonchev–Trinajstić information content (AvgIpc) is 2.20. The lowest BCUT2D eigenvalue weighted by Gasteiger charge is -2.06. The SMILES string of the molecule is CCc1c(C)nc2c(O)cccn2c1=O. The Hall–Kier alpha value is -1.84. The zero-order valence-corrected chi connectivity index (χ0v) is 8.69. The van der Waals surface area contributed by atoms with Gasteiger partial charge in [0.2, 0.25) is 0 Å². The van der Waals surface area contributed by atoms with E-state index < -0.39 is 0 Å². The van der Waals surface area contributed by atoms with Crippen molar-refractivity contribution in [2.24, 2.45) is 0 Å². The van der Waals surface area contributed by atoms with Gasteiger partial charge in [0.1, 0.15) is 0 Å². The number of hydrogen-bond donors (Lipinski definition) is 1. The second-order valence-corrected chi connectivity index (χ2v) is 3.42. The van der Waals surface area contributed by atoms with Crippen LogP contribution in [0.15, 0.2) is 23.1 Å². The highest BCUT2D eigenvalue weighted by Crippen LogP contribution is 2.14. The molecule has 0 aliphatic carbocycles. The van der Waals surface area contributed by atoms with Gasteiger partial charge in [-0.15, -0.1) is 0 Å². The average molecular weight is 204 g/mol. The molecular formula is C11H12N2O2. The Balaban J connectivity index is 2.98. The van der Waals surface area contributed by atoms with Crippen LogP contribution in [0, 0.1) is 6.92 Å². The van der Waals surface area contributed by atoms with E-state index in [9.17, 15) is 9.90 Å². The molecule has 0 aromatic carbocycles. The lowest BCUT2D eigenvalue weighted by atomic mass is 10.2. The molecule has 0 fully saturated rings. The van der Waals surface area contributed by atoms with E-state index in [4.69, 9.17) is 0 Å². The van der Waals surface area contributed by atoms with E-state index in [1.807, 2.05) is 6.92 Å². The molecule has 15 heavy (non-hydrogen) atoms. The number of aryl methyl sites for hydroxylation is 1. The highest BCUT2D eigenvalue weighted by Gasteiger charge is 2.09. The van der Waals surface area contributed by atoms with Crippen LogP contribution in [-0.2, 0) is 6.42 Å². The van der Waals surface area contributed by atoms with Crippen LogP contribution in [0.5, 0.6) is 5.75 Å². The molecule has 0 saturated heterocycles. The van der Waals surface area contributed by atoms with Gasteiger partial charge in [0, 0.05) is 17.5 Å². The molecular weight excluding hydrogens is 192 g/mol. The van der Waals surface area contributed by atoms with Crippen molar-refractivity contribution >= 4 is 5.65 Å². The minimum absolute atomic E-state index is 0.0281. The predicted molar refractivity (Wildman–Crippen MR) is 57.2 cm³/mol. The Morgan fingerprint density at radius 2 is 2.27 bits per heavy atom. The van der Waals surface area contributed by atoms with Crippen molar-refractivity contribution in [1.82, 2.24) is 9.38 Å². The highest BCUT2D eigenvalue weighted by atomic mass is 16.3. The molecule has 78 valence electrons. The highest BCUT2D eigenvalue weighted by molar-refractivity contribution is 5.53. The molecule has 0 aliphatic rings. The van der Waals surface area contributed by atoms with Crippen molar-refractivity contribution in [2.45, 2.75) is 20.3 Å². The van der Waals surface area contributed by atoms with Crippen molar-refractivity contribution < 1.29 is 5.11 Å². The van der Waals surface area contributed by atoms with Gasteiger partial charge in [0.05, 0.1) is 0 Å². The summed E-state index contributed by atoms with van der Waals surface area (Å²) in [7, 11) is 0. The number of hydrogen-bond acceptors (Lipinski definition) is 3. The van der Waals surface area contributed by atoms with Crippen molar-refractivity contribution in [1.29, 1.82) is 0 Å². The summed E-state index contributed by atoms with van der Waals surface area (Å²) in [6.45, 7) is 3.70. The smallest absolute Gasteiger partial charge is 0.261 e. The van der Waals surface area contributed by atoms with E-state index in [-0.39, 0.29) is 11.3 Å². The molecule has 0 amide bonds. The molecule has 4 nitrogen and oxygen atoms in total. The summed E-state index contributed by atoms with van der Waals surface area (Å²) >= 11 is 0. The number of rotatable bonds is 1. The molecule has 0 spiro atoms. The minimum Gasteiger partial charge on any atom is -0.504 e. The van der Waals surface area contributed by atoms with Crippen molar-refractivity contribution in [3.63, 3.8) is 0 Å². The van der Waals surface area contributed by atoms with E-state index in [0.29, 0.717) is 23.3 Å². The molecule has 0 radical (unpaired) electrons.